The van der Waals surface area contributed by atoms with Gasteiger partial charge in [0.2, 0.25) is 5.91 Å². The number of anilines is 1. The fourth-order valence-electron chi connectivity index (χ4n) is 3.07. The lowest BCUT2D eigenvalue weighted by molar-refractivity contribution is -0.116. The van der Waals surface area contributed by atoms with Crippen LogP contribution in [0.3, 0.4) is 0 Å². The van der Waals surface area contributed by atoms with Crippen LogP contribution in [0, 0.1) is 6.92 Å². The van der Waals surface area contributed by atoms with Gasteiger partial charge in [0.15, 0.2) is 0 Å². The third-order valence-corrected chi connectivity index (χ3v) is 5.07. The molecule has 0 radical (unpaired) electrons. The van der Waals surface area contributed by atoms with Gasteiger partial charge in [-0.3, -0.25) is 4.79 Å². The van der Waals surface area contributed by atoms with Gasteiger partial charge < -0.3 is 5.32 Å². The van der Waals surface area contributed by atoms with Crippen LogP contribution in [0.5, 0.6) is 0 Å². The number of aryl methyl sites for hydroxylation is 1. The standard InChI is InChI=1S/C17H14ClN3OS/c1-10-16-14(11-6-7-23-9-11)8-15(22)19-17(16)21(20-10)13-4-2-12(18)3-5-13/h2-7,9,14H,8H2,1H3,(H,19,22). The Kier molecular flexibility index (Phi) is 3.47. The van der Waals surface area contributed by atoms with Crippen LogP contribution < -0.4 is 5.32 Å². The molecule has 1 atom stereocenters. The van der Waals surface area contributed by atoms with Crippen molar-refractivity contribution in [1.82, 2.24) is 9.78 Å². The van der Waals surface area contributed by atoms with Crippen molar-refractivity contribution >= 4 is 34.7 Å². The number of nitrogens with zero attached hydrogens (tertiary/aromatic N) is 2. The molecule has 23 heavy (non-hydrogen) atoms. The number of carbonyl (C=O) groups excluding carboxylic acids is 1. The number of hydrogen-bond donors (Lipinski definition) is 1. The van der Waals surface area contributed by atoms with Gasteiger partial charge in [0.1, 0.15) is 5.82 Å². The molecule has 3 heterocycles. The zero-order valence-electron chi connectivity index (χ0n) is 12.4. The molecule has 116 valence electrons. The Morgan fingerprint density at radius 1 is 1.30 bits per heavy atom. The van der Waals surface area contributed by atoms with Crippen molar-refractivity contribution < 1.29 is 4.79 Å². The number of fused-ring (bicyclic) bond motifs is 1. The van der Waals surface area contributed by atoms with E-state index in [1.165, 1.54) is 5.56 Å². The summed E-state index contributed by atoms with van der Waals surface area (Å²) >= 11 is 7.61. The first-order chi connectivity index (χ1) is 11.1. The SMILES string of the molecule is Cc1nn(-c2ccc(Cl)cc2)c2c1C(c1ccsc1)CC(=O)N2. The van der Waals surface area contributed by atoms with E-state index in [9.17, 15) is 4.79 Å². The zero-order chi connectivity index (χ0) is 16.0. The van der Waals surface area contributed by atoms with Gasteiger partial charge in [0.05, 0.1) is 11.4 Å². The van der Waals surface area contributed by atoms with Crippen LogP contribution in [-0.4, -0.2) is 15.7 Å². The van der Waals surface area contributed by atoms with Crippen LogP contribution in [0.4, 0.5) is 5.82 Å². The Labute approximate surface area is 142 Å². The Bertz CT molecular complexity index is 868. The number of benzene rings is 1. The molecule has 0 aliphatic carbocycles. The van der Waals surface area contributed by atoms with E-state index < -0.39 is 0 Å². The molecule has 0 saturated carbocycles. The summed E-state index contributed by atoms with van der Waals surface area (Å²) in [5.74, 6) is 0.840. The molecule has 1 unspecified atom stereocenters. The van der Waals surface area contributed by atoms with Gasteiger partial charge in [-0.15, -0.1) is 0 Å². The second-order valence-electron chi connectivity index (χ2n) is 5.60. The number of hydrogen-bond acceptors (Lipinski definition) is 3. The molecule has 1 aromatic carbocycles. The quantitative estimate of drug-likeness (QED) is 0.751. The van der Waals surface area contributed by atoms with Gasteiger partial charge in [-0.2, -0.15) is 16.4 Å². The molecule has 1 N–H and O–H groups in total. The molecule has 6 heteroatoms. The molecule has 2 aromatic heterocycles. The summed E-state index contributed by atoms with van der Waals surface area (Å²) in [5, 5.41) is 12.5. The number of carbonyl (C=O) groups is 1. The molecule has 1 amide bonds. The van der Waals surface area contributed by atoms with Crippen LogP contribution in [-0.2, 0) is 4.79 Å². The third kappa shape index (κ3) is 2.46. The highest BCUT2D eigenvalue weighted by atomic mass is 35.5. The van der Waals surface area contributed by atoms with Gasteiger partial charge in [0.25, 0.3) is 0 Å². The first-order valence-corrected chi connectivity index (χ1v) is 8.63. The summed E-state index contributed by atoms with van der Waals surface area (Å²) in [4.78, 5) is 12.2. The molecule has 4 nitrogen and oxygen atoms in total. The maximum Gasteiger partial charge on any atom is 0.226 e. The average molecular weight is 344 g/mol. The summed E-state index contributed by atoms with van der Waals surface area (Å²) in [6.07, 6.45) is 0.455. The largest absolute Gasteiger partial charge is 0.310 e. The van der Waals surface area contributed by atoms with Crippen molar-refractivity contribution in [2.24, 2.45) is 0 Å². The number of halogens is 1. The topological polar surface area (TPSA) is 46.9 Å². The van der Waals surface area contributed by atoms with E-state index in [0.29, 0.717) is 11.4 Å². The Hall–Kier alpha value is -2.11. The highest BCUT2D eigenvalue weighted by molar-refractivity contribution is 7.08. The zero-order valence-corrected chi connectivity index (χ0v) is 14.0. The van der Waals surface area contributed by atoms with E-state index >= 15 is 0 Å². The summed E-state index contributed by atoms with van der Waals surface area (Å²) in [7, 11) is 0. The number of aromatic nitrogens is 2. The van der Waals surface area contributed by atoms with Crippen molar-refractivity contribution in [3.63, 3.8) is 0 Å². The highest BCUT2D eigenvalue weighted by Gasteiger charge is 2.32. The number of thiophene rings is 1. The number of nitrogens with one attached hydrogen (secondary N) is 1. The predicted molar refractivity (Wildman–Crippen MR) is 92.7 cm³/mol. The maximum absolute atomic E-state index is 12.2. The summed E-state index contributed by atoms with van der Waals surface area (Å²) in [6, 6.07) is 9.52. The van der Waals surface area contributed by atoms with E-state index in [4.69, 9.17) is 11.6 Å². The fourth-order valence-corrected chi connectivity index (χ4v) is 3.91. The fraction of sp³-hybridized carbons (Fsp3) is 0.176. The van der Waals surface area contributed by atoms with Crippen molar-refractivity contribution in [3.8, 4) is 5.69 Å². The van der Waals surface area contributed by atoms with Crippen molar-refractivity contribution in [3.05, 3.63) is 62.9 Å². The molecular formula is C17H14ClN3OS. The van der Waals surface area contributed by atoms with E-state index in [0.717, 1.165) is 22.8 Å². The first kappa shape index (κ1) is 14.5. The van der Waals surface area contributed by atoms with E-state index in [2.05, 4.69) is 21.9 Å². The predicted octanol–water partition coefficient (Wildman–Crippen LogP) is 4.37. The van der Waals surface area contributed by atoms with E-state index in [-0.39, 0.29) is 11.8 Å². The lowest BCUT2D eigenvalue weighted by Crippen LogP contribution is -2.24. The van der Waals surface area contributed by atoms with Crippen LogP contribution in [0.15, 0.2) is 41.1 Å². The van der Waals surface area contributed by atoms with E-state index in [1.807, 2.05) is 36.6 Å². The van der Waals surface area contributed by atoms with E-state index in [1.54, 1.807) is 16.0 Å². The summed E-state index contributed by atoms with van der Waals surface area (Å²) < 4.78 is 1.79. The Morgan fingerprint density at radius 3 is 2.78 bits per heavy atom. The minimum atomic E-state index is 0.0174. The summed E-state index contributed by atoms with van der Waals surface area (Å²) in [6.45, 7) is 1.99. The molecule has 0 saturated heterocycles. The number of amides is 1. The average Bonchev–Trinajstić information content (AvgIpc) is 3.16. The van der Waals surface area contributed by atoms with Crippen LogP contribution >= 0.6 is 22.9 Å². The minimum Gasteiger partial charge on any atom is -0.310 e. The molecule has 0 spiro atoms. The van der Waals surface area contributed by atoms with Crippen molar-refractivity contribution in [1.29, 1.82) is 0 Å². The lowest BCUT2D eigenvalue weighted by Gasteiger charge is -2.23. The minimum absolute atomic E-state index is 0.0174. The lowest BCUT2D eigenvalue weighted by atomic mass is 9.87. The molecular weight excluding hydrogens is 330 g/mol. The molecule has 0 fully saturated rings. The molecule has 0 bridgehead atoms. The molecule has 3 aromatic rings. The normalized spacial score (nSPS) is 17.0. The second-order valence-corrected chi connectivity index (χ2v) is 6.81. The molecule has 1 aliphatic rings. The van der Waals surface area contributed by atoms with Gasteiger partial charge in [-0.1, -0.05) is 11.6 Å². The van der Waals surface area contributed by atoms with Gasteiger partial charge in [-0.25, -0.2) is 4.68 Å². The number of rotatable bonds is 2. The maximum atomic E-state index is 12.2. The molecule has 1 aliphatic heterocycles. The van der Waals surface area contributed by atoms with Crippen molar-refractivity contribution in [2.45, 2.75) is 19.3 Å². The van der Waals surface area contributed by atoms with Crippen molar-refractivity contribution in [2.75, 3.05) is 5.32 Å². The second kappa shape index (κ2) is 5.51. The Balaban J connectivity index is 1.88. The van der Waals surface area contributed by atoms with Crippen LogP contribution in [0.25, 0.3) is 5.69 Å². The monoisotopic (exact) mass is 343 g/mol. The highest BCUT2D eigenvalue weighted by Crippen LogP contribution is 2.40. The summed E-state index contributed by atoms with van der Waals surface area (Å²) in [5.41, 5.74) is 4.08. The third-order valence-electron chi connectivity index (χ3n) is 4.12. The first-order valence-electron chi connectivity index (χ1n) is 7.31. The molecule has 4 rings (SSSR count). The van der Waals surface area contributed by atoms with Gasteiger partial charge in [0, 0.05) is 22.9 Å². The van der Waals surface area contributed by atoms with Crippen LogP contribution in [0.2, 0.25) is 5.02 Å². The van der Waals surface area contributed by atoms with Crippen LogP contribution in [0.1, 0.15) is 29.2 Å². The van der Waals surface area contributed by atoms with Gasteiger partial charge in [-0.05, 0) is 53.6 Å². The van der Waals surface area contributed by atoms with Gasteiger partial charge >= 0.3 is 0 Å². The smallest absolute Gasteiger partial charge is 0.226 e. The Morgan fingerprint density at radius 2 is 2.09 bits per heavy atom.